The Bertz CT molecular complexity index is 570. The second-order valence-corrected chi connectivity index (χ2v) is 5.87. The van der Waals surface area contributed by atoms with Crippen molar-refractivity contribution in [3.8, 4) is 0 Å². The Kier molecular flexibility index (Phi) is 4.23. The Morgan fingerprint density at radius 2 is 1.60 bits per heavy atom. The van der Waals surface area contributed by atoms with Crippen LogP contribution in [0.5, 0.6) is 0 Å². The van der Waals surface area contributed by atoms with Gasteiger partial charge in [0.1, 0.15) is 0 Å². The van der Waals surface area contributed by atoms with Crippen LogP contribution in [0.4, 0.5) is 5.69 Å². The van der Waals surface area contributed by atoms with Crippen LogP contribution in [0.3, 0.4) is 0 Å². The average Bonchev–Trinajstić information content (AvgIpc) is 2.42. The van der Waals surface area contributed by atoms with Gasteiger partial charge in [-0.2, -0.15) is 0 Å². The van der Waals surface area contributed by atoms with Crippen LogP contribution < -0.4 is 5.32 Å². The van der Waals surface area contributed by atoms with Crippen LogP contribution in [0.2, 0.25) is 0 Å². The largest absolute Gasteiger partial charge is 0.326 e. The summed E-state index contributed by atoms with van der Waals surface area (Å²) in [6.45, 7) is 5.98. The lowest BCUT2D eigenvalue weighted by Crippen LogP contribution is -2.32. The number of hydrogen-bond acceptors (Lipinski definition) is 1. The second kappa shape index (κ2) is 5.91. The summed E-state index contributed by atoms with van der Waals surface area (Å²) in [5.74, 6) is 0.0465. The van der Waals surface area contributed by atoms with Crippen molar-refractivity contribution in [2.45, 2.75) is 27.2 Å². The number of hydrogen-bond donors (Lipinski definition) is 1. The third-order valence-corrected chi connectivity index (χ3v) is 3.41. The molecule has 104 valence electrons. The lowest BCUT2D eigenvalue weighted by Gasteiger charge is -2.23. The first-order valence-corrected chi connectivity index (χ1v) is 6.89. The van der Waals surface area contributed by atoms with Crippen molar-refractivity contribution in [1.29, 1.82) is 0 Å². The Hall–Kier alpha value is -2.09. The molecule has 0 atom stereocenters. The summed E-state index contributed by atoms with van der Waals surface area (Å²) in [4.78, 5) is 12.4. The summed E-state index contributed by atoms with van der Waals surface area (Å²) in [6.07, 6.45) is 0.728. The first-order valence-electron chi connectivity index (χ1n) is 6.89. The summed E-state index contributed by atoms with van der Waals surface area (Å²) < 4.78 is 0. The van der Waals surface area contributed by atoms with E-state index in [2.05, 4.69) is 17.4 Å². The monoisotopic (exact) mass is 267 g/mol. The van der Waals surface area contributed by atoms with E-state index < -0.39 is 5.41 Å². The van der Waals surface area contributed by atoms with Crippen molar-refractivity contribution in [3.63, 3.8) is 0 Å². The fraction of sp³-hybridized carbons (Fsp3) is 0.278. The Balaban J connectivity index is 2.05. The molecule has 20 heavy (non-hydrogen) atoms. The van der Waals surface area contributed by atoms with Gasteiger partial charge in [-0.05, 0) is 31.0 Å². The Morgan fingerprint density at radius 3 is 2.20 bits per heavy atom. The zero-order valence-electron chi connectivity index (χ0n) is 12.3. The van der Waals surface area contributed by atoms with Crippen LogP contribution in [0, 0.1) is 12.3 Å². The van der Waals surface area contributed by atoms with Gasteiger partial charge < -0.3 is 5.32 Å². The summed E-state index contributed by atoms with van der Waals surface area (Å²) in [7, 11) is 0. The highest BCUT2D eigenvalue weighted by Crippen LogP contribution is 2.24. The normalized spacial score (nSPS) is 11.2. The highest BCUT2D eigenvalue weighted by molar-refractivity contribution is 5.95. The fourth-order valence-electron chi connectivity index (χ4n) is 2.12. The van der Waals surface area contributed by atoms with Crippen molar-refractivity contribution in [1.82, 2.24) is 0 Å². The van der Waals surface area contributed by atoms with E-state index in [4.69, 9.17) is 0 Å². The maximum absolute atomic E-state index is 12.4. The molecule has 2 nitrogen and oxygen atoms in total. The number of carbonyl (C=O) groups excluding carboxylic acids is 1. The predicted octanol–water partition coefficient (Wildman–Crippen LogP) is 4.20. The quantitative estimate of drug-likeness (QED) is 0.883. The predicted molar refractivity (Wildman–Crippen MR) is 83.7 cm³/mol. The number of aryl methyl sites for hydroxylation is 1. The van der Waals surface area contributed by atoms with Crippen LogP contribution in [0.25, 0.3) is 0 Å². The molecule has 1 amide bonds. The zero-order valence-corrected chi connectivity index (χ0v) is 12.3. The lowest BCUT2D eigenvalue weighted by molar-refractivity contribution is -0.123. The first-order chi connectivity index (χ1) is 9.47. The van der Waals surface area contributed by atoms with Crippen molar-refractivity contribution in [2.24, 2.45) is 5.41 Å². The van der Waals surface area contributed by atoms with Gasteiger partial charge >= 0.3 is 0 Å². The van der Waals surface area contributed by atoms with Crippen molar-refractivity contribution >= 4 is 11.6 Å². The molecule has 0 unspecified atom stereocenters. The van der Waals surface area contributed by atoms with E-state index in [0.717, 1.165) is 12.1 Å². The third-order valence-electron chi connectivity index (χ3n) is 3.41. The lowest BCUT2D eigenvalue weighted by atomic mass is 9.84. The Labute approximate surface area is 120 Å². The molecule has 0 heterocycles. The molecule has 0 saturated carbocycles. The average molecular weight is 267 g/mol. The van der Waals surface area contributed by atoms with Crippen LogP contribution in [0.1, 0.15) is 25.0 Å². The van der Waals surface area contributed by atoms with E-state index in [-0.39, 0.29) is 5.91 Å². The number of carbonyl (C=O) groups is 1. The van der Waals surface area contributed by atoms with Gasteiger partial charge in [-0.25, -0.2) is 0 Å². The van der Waals surface area contributed by atoms with Gasteiger partial charge in [-0.3, -0.25) is 4.79 Å². The number of rotatable bonds is 4. The molecule has 0 fully saturated rings. The molecule has 2 rings (SSSR count). The summed E-state index contributed by atoms with van der Waals surface area (Å²) in [5.41, 5.74) is 2.77. The molecule has 0 radical (unpaired) electrons. The maximum atomic E-state index is 12.4. The molecular formula is C18H21NO. The van der Waals surface area contributed by atoms with Crippen LogP contribution in [0.15, 0.2) is 54.6 Å². The highest BCUT2D eigenvalue weighted by atomic mass is 16.2. The van der Waals surface area contributed by atoms with Gasteiger partial charge in [0.05, 0.1) is 0 Å². The minimum atomic E-state index is -0.438. The molecule has 0 aromatic heterocycles. The molecule has 1 N–H and O–H groups in total. The molecule has 0 saturated heterocycles. The van der Waals surface area contributed by atoms with Crippen molar-refractivity contribution in [3.05, 3.63) is 65.7 Å². The number of anilines is 1. The number of benzene rings is 2. The third kappa shape index (κ3) is 3.70. The summed E-state index contributed by atoms with van der Waals surface area (Å²) >= 11 is 0. The summed E-state index contributed by atoms with van der Waals surface area (Å²) in [6, 6.07) is 18.0. The maximum Gasteiger partial charge on any atom is 0.230 e. The molecule has 0 aliphatic rings. The van der Waals surface area contributed by atoms with Crippen molar-refractivity contribution in [2.75, 3.05) is 5.32 Å². The van der Waals surface area contributed by atoms with Gasteiger partial charge in [0.25, 0.3) is 0 Å². The topological polar surface area (TPSA) is 29.1 Å². The Morgan fingerprint density at radius 1 is 1.00 bits per heavy atom. The molecule has 0 bridgehead atoms. The first kappa shape index (κ1) is 14.3. The van der Waals surface area contributed by atoms with Crippen molar-refractivity contribution < 1.29 is 4.79 Å². The standard InChI is InChI=1S/C18H21NO/c1-14-9-11-16(12-10-14)19-17(20)18(2,3)13-15-7-5-4-6-8-15/h4-12H,13H2,1-3H3,(H,19,20). The second-order valence-electron chi connectivity index (χ2n) is 5.87. The molecule has 2 heteroatoms. The van der Waals surface area contributed by atoms with E-state index in [1.165, 1.54) is 11.1 Å². The van der Waals surface area contributed by atoms with Gasteiger partial charge in [-0.1, -0.05) is 61.9 Å². The molecule has 0 aliphatic heterocycles. The minimum Gasteiger partial charge on any atom is -0.326 e. The van der Waals surface area contributed by atoms with E-state index in [1.807, 2.05) is 63.2 Å². The molecule has 2 aromatic rings. The molecular weight excluding hydrogens is 246 g/mol. The van der Waals surface area contributed by atoms with Gasteiger partial charge in [0.2, 0.25) is 5.91 Å². The summed E-state index contributed by atoms with van der Waals surface area (Å²) in [5, 5.41) is 2.99. The van der Waals surface area contributed by atoms with Gasteiger partial charge in [0.15, 0.2) is 0 Å². The van der Waals surface area contributed by atoms with E-state index in [0.29, 0.717) is 0 Å². The fourth-order valence-corrected chi connectivity index (χ4v) is 2.12. The molecule has 0 aliphatic carbocycles. The van der Waals surface area contributed by atoms with Gasteiger partial charge in [-0.15, -0.1) is 0 Å². The molecule has 2 aromatic carbocycles. The van der Waals surface area contributed by atoms with E-state index in [1.54, 1.807) is 0 Å². The van der Waals surface area contributed by atoms with Crippen LogP contribution in [-0.4, -0.2) is 5.91 Å². The van der Waals surface area contributed by atoms with E-state index in [9.17, 15) is 4.79 Å². The van der Waals surface area contributed by atoms with Crippen LogP contribution >= 0.6 is 0 Å². The number of nitrogens with one attached hydrogen (secondary N) is 1. The van der Waals surface area contributed by atoms with Crippen LogP contribution in [-0.2, 0) is 11.2 Å². The number of amides is 1. The zero-order chi connectivity index (χ0) is 14.6. The SMILES string of the molecule is Cc1ccc(NC(=O)C(C)(C)Cc2ccccc2)cc1. The van der Waals surface area contributed by atoms with E-state index >= 15 is 0 Å². The molecule has 0 spiro atoms. The minimum absolute atomic E-state index is 0.0465. The smallest absolute Gasteiger partial charge is 0.230 e. The highest BCUT2D eigenvalue weighted by Gasteiger charge is 2.27. The van der Waals surface area contributed by atoms with Gasteiger partial charge in [0, 0.05) is 11.1 Å².